The number of hydrogen-bond donors (Lipinski definition) is 0. The summed E-state index contributed by atoms with van der Waals surface area (Å²) in [5.74, 6) is 0.451. The predicted octanol–water partition coefficient (Wildman–Crippen LogP) is 8.82. The summed E-state index contributed by atoms with van der Waals surface area (Å²) in [7, 11) is 0. The van der Waals surface area contributed by atoms with Crippen LogP contribution in [0.3, 0.4) is 0 Å². The number of hydrogen-bond acceptors (Lipinski definition) is 0. The van der Waals surface area contributed by atoms with Gasteiger partial charge in [0, 0.05) is 25.8 Å². The van der Waals surface area contributed by atoms with Gasteiger partial charge in [0.1, 0.15) is 0 Å². The van der Waals surface area contributed by atoms with E-state index in [1.807, 2.05) is 30.3 Å². The van der Waals surface area contributed by atoms with Gasteiger partial charge in [0.05, 0.1) is 0 Å². The van der Waals surface area contributed by atoms with Crippen molar-refractivity contribution >= 4 is 6.08 Å². The molecule has 1 atom stereocenters. The largest absolute Gasteiger partial charge is 0.358 e. The van der Waals surface area contributed by atoms with Crippen molar-refractivity contribution in [2.45, 2.75) is 40.5 Å². The van der Waals surface area contributed by atoms with Crippen LogP contribution in [0.1, 0.15) is 48.9 Å². The van der Waals surface area contributed by atoms with Crippen LogP contribution in [0.15, 0.2) is 42.5 Å². The second-order valence-electron chi connectivity index (χ2n) is 6.64. The molecular weight excluding hydrogens is 503 g/mol. The first-order chi connectivity index (χ1) is 9.39. The summed E-state index contributed by atoms with van der Waals surface area (Å²) in [6, 6.07) is 14.6. The summed E-state index contributed by atoms with van der Waals surface area (Å²) in [6.45, 7) is 11.2. The van der Waals surface area contributed by atoms with E-state index in [9.17, 15) is 0 Å². The first-order valence-electron chi connectivity index (χ1n) is 7.26. The van der Waals surface area contributed by atoms with Crippen LogP contribution in [0, 0.1) is 77.3 Å². The summed E-state index contributed by atoms with van der Waals surface area (Å²) in [5, 5.41) is 0. The van der Waals surface area contributed by atoms with Crippen molar-refractivity contribution in [2.75, 3.05) is 0 Å². The molecular formula is C27H45Hf-9. The third-order valence-electron chi connectivity index (χ3n) is 3.84. The maximum absolute atomic E-state index is 3.49. The second kappa shape index (κ2) is 19.5. The van der Waals surface area contributed by atoms with Crippen LogP contribution in [0.5, 0.6) is 0 Å². The SMILES string of the molecule is Cc1cc2c(cc1C)C(C(C)(C)C)[C-]=C2.[CH3-].[CH3-].[CH3-].[CH3-].[CH3-].[CH3-].[CH3-].[Hf].c1cc[cH-]c1. The van der Waals surface area contributed by atoms with E-state index in [4.69, 9.17) is 0 Å². The van der Waals surface area contributed by atoms with E-state index in [2.05, 4.69) is 58.9 Å². The molecule has 0 heterocycles. The monoisotopic (exact) mass is 549 g/mol. The van der Waals surface area contributed by atoms with Gasteiger partial charge < -0.3 is 52.0 Å². The van der Waals surface area contributed by atoms with Gasteiger partial charge in [-0.05, 0) is 19.3 Å². The van der Waals surface area contributed by atoms with Gasteiger partial charge in [-0.2, -0.15) is 23.8 Å². The maximum atomic E-state index is 3.49. The van der Waals surface area contributed by atoms with Crippen molar-refractivity contribution in [3.63, 3.8) is 0 Å². The van der Waals surface area contributed by atoms with Crippen molar-refractivity contribution in [2.24, 2.45) is 5.41 Å². The molecule has 2 aromatic carbocycles. The minimum atomic E-state index is 0. The van der Waals surface area contributed by atoms with Crippen LogP contribution in [0.25, 0.3) is 6.08 Å². The van der Waals surface area contributed by atoms with Gasteiger partial charge in [0.2, 0.25) is 0 Å². The molecule has 0 bridgehead atoms. The third-order valence-corrected chi connectivity index (χ3v) is 3.84. The van der Waals surface area contributed by atoms with Crippen LogP contribution in [-0.2, 0) is 25.8 Å². The molecule has 166 valence electrons. The van der Waals surface area contributed by atoms with Crippen molar-refractivity contribution < 1.29 is 25.8 Å². The summed E-state index contributed by atoms with van der Waals surface area (Å²) in [6.07, 6.45) is 5.64. The Morgan fingerprint density at radius 2 is 1.21 bits per heavy atom. The Balaban J connectivity index is -0.0000000608. The molecule has 0 radical (unpaired) electrons. The molecule has 0 aromatic heterocycles. The number of rotatable bonds is 0. The quantitative estimate of drug-likeness (QED) is 0.228. The molecule has 3 rings (SSSR count). The Bertz CT molecular complexity index is 566. The molecule has 0 nitrogen and oxygen atoms in total. The molecule has 0 aliphatic heterocycles. The average molecular weight is 548 g/mol. The molecule has 1 heteroatoms. The van der Waals surface area contributed by atoms with Crippen LogP contribution < -0.4 is 0 Å². The Morgan fingerprint density at radius 3 is 1.57 bits per heavy atom. The topological polar surface area (TPSA) is 0 Å². The second-order valence-corrected chi connectivity index (χ2v) is 6.64. The summed E-state index contributed by atoms with van der Waals surface area (Å²) >= 11 is 0. The number of allylic oxidation sites excluding steroid dienone is 1. The zero-order chi connectivity index (χ0) is 14.8. The first kappa shape index (κ1) is 45.7. The van der Waals surface area contributed by atoms with Crippen molar-refractivity contribution in [1.29, 1.82) is 0 Å². The summed E-state index contributed by atoms with van der Waals surface area (Å²) in [4.78, 5) is 0. The zero-order valence-electron chi connectivity index (χ0n) is 20.7. The van der Waals surface area contributed by atoms with Gasteiger partial charge in [0.15, 0.2) is 0 Å². The van der Waals surface area contributed by atoms with Crippen LogP contribution in [0.2, 0.25) is 0 Å². The fraction of sp³-hybridized carbons (Fsp3) is 0.259. The third kappa shape index (κ3) is 11.9. The Labute approximate surface area is 200 Å². The van der Waals surface area contributed by atoms with Crippen LogP contribution >= 0.6 is 0 Å². The van der Waals surface area contributed by atoms with E-state index in [1.54, 1.807) is 0 Å². The molecule has 28 heavy (non-hydrogen) atoms. The van der Waals surface area contributed by atoms with E-state index in [0.717, 1.165) is 0 Å². The molecule has 1 aliphatic rings. The predicted molar refractivity (Wildman–Crippen MR) is 133 cm³/mol. The minimum Gasteiger partial charge on any atom is -0.358 e. The van der Waals surface area contributed by atoms with Gasteiger partial charge >= 0.3 is 0 Å². The number of fused-ring (bicyclic) bond motifs is 1. The molecule has 0 fully saturated rings. The van der Waals surface area contributed by atoms with E-state index in [-0.39, 0.29) is 83.2 Å². The van der Waals surface area contributed by atoms with E-state index >= 15 is 0 Å². The maximum Gasteiger partial charge on any atom is 0 e. The zero-order valence-corrected chi connectivity index (χ0v) is 24.3. The standard InChI is InChI=1S/C15H19.C5H5.7CH3.Hf/c1-10-8-12-6-7-14(15(3,4)5)13(12)9-11(10)2;1-2-4-5-3-1;;;;;;;;/h6,8-9,14H,1-5H3;1-5H;7*1H3;/q9*-1;. The molecule has 0 spiro atoms. The number of aryl methyl sites for hydroxylation is 2. The number of benzene rings is 1. The van der Waals surface area contributed by atoms with E-state index < -0.39 is 0 Å². The average Bonchev–Trinajstić information content (AvgIpc) is 3.00. The van der Waals surface area contributed by atoms with Gasteiger partial charge in [-0.3, -0.25) is 6.08 Å². The Kier molecular flexibility index (Phi) is 31.8. The Morgan fingerprint density at radius 1 is 0.786 bits per heavy atom. The van der Waals surface area contributed by atoms with Crippen LogP contribution in [-0.4, -0.2) is 0 Å². The van der Waals surface area contributed by atoms with Crippen molar-refractivity contribution in [1.82, 2.24) is 0 Å². The molecule has 0 N–H and O–H groups in total. The van der Waals surface area contributed by atoms with Crippen molar-refractivity contribution in [3.05, 3.63) is 123 Å². The van der Waals surface area contributed by atoms with Crippen LogP contribution in [0.4, 0.5) is 0 Å². The van der Waals surface area contributed by atoms with E-state index in [0.29, 0.717) is 5.92 Å². The van der Waals surface area contributed by atoms with E-state index in [1.165, 1.54) is 22.3 Å². The Hall–Kier alpha value is -0.820. The normalized spacial score (nSPS) is 11.8. The summed E-state index contributed by atoms with van der Waals surface area (Å²) < 4.78 is 0. The molecule has 0 saturated carbocycles. The van der Waals surface area contributed by atoms with Gasteiger partial charge in [0.25, 0.3) is 0 Å². The van der Waals surface area contributed by atoms with Gasteiger partial charge in [-0.15, -0.1) is 11.6 Å². The fourth-order valence-electron chi connectivity index (χ4n) is 2.54. The fourth-order valence-corrected chi connectivity index (χ4v) is 2.54. The molecule has 1 unspecified atom stereocenters. The summed E-state index contributed by atoms with van der Waals surface area (Å²) in [5.41, 5.74) is 5.84. The van der Waals surface area contributed by atoms with Gasteiger partial charge in [-0.1, -0.05) is 43.9 Å². The van der Waals surface area contributed by atoms with Gasteiger partial charge in [-0.25, -0.2) is 18.2 Å². The molecule has 2 aromatic rings. The minimum absolute atomic E-state index is 0. The first-order valence-corrected chi connectivity index (χ1v) is 7.26. The molecule has 0 saturated heterocycles. The molecule has 1 aliphatic carbocycles. The smallest absolute Gasteiger partial charge is 0 e. The van der Waals surface area contributed by atoms with Crippen molar-refractivity contribution in [3.8, 4) is 0 Å². The molecule has 0 amide bonds.